The van der Waals surface area contributed by atoms with E-state index in [1.807, 2.05) is 0 Å². The van der Waals surface area contributed by atoms with Crippen molar-refractivity contribution in [2.24, 2.45) is 0 Å². The monoisotopic (exact) mass is 305 g/mol. The Hall–Kier alpha value is -2.63. The molecule has 1 amide bonds. The summed E-state index contributed by atoms with van der Waals surface area (Å²) in [6.45, 7) is 1.89. The van der Waals surface area contributed by atoms with Gasteiger partial charge in [0, 0.05) is 6.20 Å². The van der Waals surface area contributed by atoms with Crippen LogP contribution in [-0.4, -0.2) is 30.7 Å². The van der Waals surface area contributed by atoms with Gasteiger partial charge in [0.25, 0.3) is 0 Å². The lowest BCUT2D eigenvalue weighted by Crippen LogP contribution is -2.32. The first-order valence-corrected chi connectivity index (χ1v) is 6.75. The normalized spacial score (nSPS) is 17.0. The highest BCUT2D eigenvalue weighted by Gasteiger charge is 2.27. The minimum absolute atomic E-state index is 0.205. The molecule has 0 aliphatic carbocycles. The summed E-state index contributed by atoms with van der Waals surface area (Å²) in [7, 11) is 1.26. The third-order valence-corrected chi connectivity index (χ3v) is 3.15. The summed E-state index contributed by atoms with van der Waals surface area (Å²) in [6, 6.07) is 5.30. The Morgan fingerprint density at radius 3 is 2.55 bits per heavy atom. The van der Waals surface area contributed by atoms with Crippen LogP contribution in [0.4, 0.5) is 9.18 Å². The van der Waals surface area contributed by atoms with E-state index in [0.29, 0.717) is 5.56 Å². The molecule has 0 spiro atoms. The number of benzene rings is 1. The van der Waals surface area contributed by atoms with Crippen molar-refractivity contribution in [3.63, 3.8) is 0 Å². The van der Waals surface area contributed by atoms with E-state index in [2.05, 4.69) is 4.74 Å². The lowest BCUT2D eigenvalue weighted by Gasteiger charge is -2.29. The van der Waals surface area contributed by atoms with Crippen LogP contribution in [0.1, 0.15) is 18.5 Å². The fraction of sp³-hybridized carbons (Fsp3) is 0.250. The molecule has 116 valence electrons. The van der Waals surface area contributed by atoms with E-state index in [1.54, 1.807) is 31.2 Å². The topological polar surface area (TPSA) is 55.8 Å². The maximum atomic E-state index is 13.0. The molecule has 1 aromatic rings. The van der Waals surface area contributed by atoms with Crippen LogP contribution in [0.2, 0.25) is 0 Å². The summed E-state index contributed by atoms with van der Waals surface area (Å²) in [5.41, 5.74) is 0.930. The number of ether oxygens (including phenoxy) is 2. The van der Waals surface area contributed by atoms with Crippen LogP contribution in [0.15, 0.2) is 48.2 Å². The number of hydrogen-bond donors (Lipinski definition) is 0. The molecule has 5 nitrogen and oxygen atoms in total. The van der Waals surface area contributed by atoms with E-state index >= 15 is 0 Å². The number of carbonyl (C=O) groups excluding carboxylic acids is 2. The van der Waals surface area contributed by atoms with E-state index in [4.69, 9.17) is 4.74 Å². The average molecular weight is 305 g/mol. The maximum Gasteiger partial charge on any atom is 0.414 e. The molecule has 6 heteroatoms. The van der Waals surface area contributed by atoms with E-state index in [-0.39, 0.29) is 18.0 Å². The Balaban J connectivity index is 2.35. The quantitative estimate of drug-likeness (QED) is 0.806. The Kier molecular flexibility index (Phi) is 4.93. The predicted octanol–water partition coefficient (Wildman–Crippen LogP) is 2.95. The molecule has 0 fully saturated rings. The Labute approximate surface area is 127 Å². The second kappa shape index (κ2) is 6.89. The van der Waals surface area contributed by atoms with Crippen LogP contribution in [-0.2, 0) is 14.3 Å². The van der Waals surface area contributed by atoms with Gasteiger partial charge >= 0.3 is 12.1 Å². The number of amides is 1. The molecule has 22 heavy (non-hydrogen) atoms. The third-order valence-electron chi connectivity index (χ3n) is 3.15. The van der Waals surface area contributed by atoms with Gasteiger partial charge in [-0.1, -0.05) is 18.2 Å². The second-order valence-corrected chi connectivity index (χ2v) is 4.54. The van der Waals surface area contributed by atoms with Crippen LogP contribution in [0.3, 0.4) is 0 Å². The summed E-state index contributed by atoms with van der Waals surface area (Å²) in [4.78, 5) is 25.0. The molecule has 1 aliphatic heterocycles. The number of methoxy groups -OCH3 is 1. The van der Waals surface area contributed by atoms with Crippen molar-refractivity contribution >= 4 is 12.1 Å². The fourth-order valence-electron chi connectivity index (χ4n) is 2.10. The molecule has 0 N–H and O–H groups in total. The number of hydrogen-bond acceptors (Lipinski definition) is 4. The molecule has 2 rings (SSSR count). The zero-order valence-corrected chi connectivity index (χ0v) is 12.3. The maximum absolute atomic E-state index is 13.0. The number of rotatable bonds is 3. The molecular formula is C16H16FNO4. The molecule has 1 atom stereocenters. The van der Waals surface area contributed by atoms with Crippen LogP contribution < -0.4 is 0 Å². The number of halogens is 1. The zero-order valence-electron chi connectivity index (χ0n) is 12.3. The highest BCUT2D eigenvalue weighted by atomic mass is 19.1. The van der Waals surface area contributed by atoms with Crippen molar-refractivity contribution in [3.8, 4) is 0 Å². The predicted molar refractivity (Wildman–Crippen MR) is 77.2 cm³/mol. The van der Waals surface area contributed by atoms with Crippen molar-refractivity contribution in [3.05, 3.63) is 59.6 Å². The molecule has 1 unspecified atom stereocenters. The first-order chi connectivity index (χ1) is 10.6. The first kappa shape index (κ1) is 15.8. The Morgan fingerprint density at radius 2 is 1.95 bits per heavy atom. The van der Waals surface area contributed by atoms with Crippen molar-refractivity contribution in [1.29, 1.82) is 0 Å². The minimum atomic E-state index is -0.595. The van der Waals surface area contributed by atoms with Crippen LogP contribution in [0.5, 0.6) is 0 Å². The molecule has 0 saturated heterocycles. The second-order valence-electron chi connectivity index (χ2n) is 4.54. The third kappa shape index (κ3) is 3.33. The van der Waals surface area contributed by atoms with Gasteiger partial charge in [-0.2, -0.15) is 0 Å². The molecule has 0 bridgehead atoms. The van der Waals surface area contributed by atoms with Gasteiger partial charge in [0.05, 0.1) is 25.3 Å². The van der Waals surface area contributed by atoms with Crippen molar-refractivity contribution in [2.75, 3.05) is 13.7 Å². The summed E-state index contributed by atoms with van der Waals surface area (Å²) in [6.07, 6.45) is 4.01. The highest BCUT2D eigenvalue weighted by Crippen LogP contribution is 2.28. The lowest BCUT2D eigenvalue weighted by molar-refractivity contribution is -0.135. The summed E-state index contributed by atoms with van der Waals surface area (Å²) < 4.78 is 22.7. The van der Waals surface area contributed by atoms with Crippen LogP contribution in [0, 0.1) is 5.82 Å². The largest absolute Gasteiger partial charge is 0.465 e. The molecule has 1 aliphatic rings. The molecule has 1 aromatic carbocycles. The van der Waals surface area contributed by atoms with Crippen molar-refractivity contribution in [1.82, 2.24) is 4.90 Å². The van der Waals surface area contributed by atoms with Gasteiger partial charge < -0.3 is 9.47 Å². The van der Waals surface area contributed by atoms with E-state index < -0.39 is 18.1 Å². The first-order valence-electron chi connectivity index (χ1n) is 6.75. The van der Waals surface area contributed by atoms with E-state index in [9.17, 15) is 14.0 Å². The number of nitrogens with zero attached hydrogens (tertiary/aromatic N) is 1. The summed E-state index contributed by atoms with van der Waals surface area (Å²) >= 11 is 0. The SMILES string of the molecule is CCOC(=O)N1C=C(C(=O)OC)C=CC1c1ccc(F)cc1. The van der Waals surface area contributed by atoms with E-state index in [1.165, 1.54) is 30.3 Å². The van der Waals surface area contributed by atoms with Crippen molar-refractivity contribution < 1.29 is 23.5 Å². The number of esters is 1. The van der Waals surface area contributed by atoms with Crippen LogP contribution >= 0.6 is 0 Å². The van der Waals surface area contributed by atoms with Gasteiger partial charge in [0.1, 0.15) is 5.82 Å². The Bertz CT molecular complexity index is 622. The van der Waals surface area contributed by atoms with Crippen molar-refractivity contribution in [2.45, 2.75) is 13.0 Å². The standard InChI is InChI=1S/C16H16FNO4/c1-3-22-16(20)18-10-12(15(19)21-2)6-9-14(18)11-4-7-13(17)8-5-11/h4-10,14H,3H2,1-2H3. The molecule has 1 heterocycles. The van der Waals surface area contributed by atoms with Gasteiger partial charge in [-0.3, -0.25) is 4.90 Å². The van der Waals surface area contributed by atoms with Gasteiger partial charge in [0.2, 0.25) is 0 Å². The lowest BCUT2D eigenvalue weighted by atomic mass is 10.0. The fourth-order valence-corrected chi connectivity index (χ4v) is 2.10. The Morgan fingerprint density at radius 1 is 1.27 bits per heavy atom. The van der Waals surface area contributed by atoms with Gasteiger partial charge in [-0.15, -0.1) is 0 Å². The summed E-state index contributed by atoms with van der Waals surface area (Å²) in [5.74, 6) is -0.917. The molecular weight excluding hydrogens is 289 g/mol. The molecule has 0 radical (unpaired) electrons. The molecule has 0 aromatic heterocycles. The highest BCUT2D eigenvalue weighted by molar-refractivity contribution is 5.92. The van der Waals surface area contributed by atoms with Gasteiger partial charge in [-0.25, -0.2) is 14.0 Å². The average Bonchev–Trinajstić information content (AvgIpc) is 2.54. The zero-order chi connectivity index (χ0) is 16.1. The van der Waals surface area contributed by atoms with Gasteiger partial charge in [-0.05, 0) is 30.7 Å². The number of carbonyl (C=O) groups is 2. The smallest absolute Gasteiger partial charge is 0.414 e. The molecule has 0 saturated carbocycles. The minimum Gasteiger partial charge on any atom is -0.465 e. The van der Waals surface area contributed by atoms with Crippen LogP contribution in [0.25, 0.3) is 0 Å². The van der Waals surface area contributed by atoms with E-state index in [0.717, 1.165) is 0 Å². The summed E-state index contributed by atoms with van der Waals surface area (Å²) in [5, 5.41) is 0. The van der Waals surface area contributed by atoms with Gasteiger partial charge in [0.15, 0.2) is 0 Å².